The van der Waals surface area contributed by atoms with E-state index in [-0.39, 0.29) is 11.5 Å². The molecule has 1 aromatic carbocycles. The average Bonchev–Trinajstić information content (AvgIpc) is 3.38. The van der Waals surface area contributed by atoms with Crippen molar-refractivity contribution in [1.29, 1.82) is 0 Å². The van der Waals surface area contributed by atoms with E-state index < -0.39 is 0 Å². The number of hydrogen-bond acceptors (Lipinski definition) is 5. The zero-order valence-electron chi connectivity index (χ0n) is 17.2. The summed E-state index contributed by atoms with van der Waals surface area (Å²) in [6.45, 7) is 3.58. The Morgan fingerprint density at radius 2 is 1.97 bits per heavy atom. The molecule has 0 spiro atoms. The number of fused-ring (bicyclic) bond motifs is 3. The lowest BCUT2D eigenvalue weighted by molar-refractivity contribution is 0.0297. The summed E-state index contributed by atoms with van der Waals surface area (Å²) in [5.74, 6) is 1.33. The van der Waals surface area contributed by atoms with Crippen LogP contribution in [0.25, 0.3) is 0 Å². The molecule has 2 saturated heterocycles. The third kappa shape index (κ3) is 4.09. The number of thioether (sulfide) groups is 1. The number of aromatic nitrogens is 3. The predicted molar refractivity (Wildman–Crippen MR) is 114 cm³/mol. The van der Waals surface area contributed by atoms with Crippen LogP contribution < -0.4 is 5.69 Å². The van der Waals surface area contributed by atoms with Gasteiger partial charge in [-0.25, -0.2) is 13.9 Å². The highest BCUT2D eigenvalue weighted by molar-refractivity contribution is 7.99. The zero-order chi connectivity index (χ0) is 20.5. The fourth-order valence-electron chi connectivity index (χ4n) is 5.34. The first-order valence-electron chi connectivity index (χ1n) is 11.1. The van der Waals surface area contributed by atoms with Gasteiger partial charge in [0.2, 0.25) is 0 Å². The number of halogens is 1. The largest absolute Gasteiger partial charge is 0.376 e. The Hall–Kier alpha value is -1.64. The van der Waals surface area contributed by atoms with Crippen LogP contribution in [0, 0.1) is 11.7 Å². The van der Waals surface area contributed by atoms with Crippen LogP contribution in [-0.2, 0) is 24.4 Å². The van der Waals surface area contributed by atoms with Crippen LogP contribution in [0.15, 0.2) is 34.2 Å². The molecule has 0 radical (unpaired) electrons. The zero-order valence-corrected chi connectivity index (χ0v) is 18.0. The minimum absolute atomic E-state index is 0.0451. The lowest BCUT2D eigenvalue weighted by Crippen LogP contribution is -2.44. The third-order valence-corrected chi connectivity index (χ3v) is 7.72. The van der Waals surface area contributed by atoms with Crippen molar-refractivity contribution in [1.82, 2.24) is 19.2 Å². The first-order chi connectivity index (χ1) is 14.7. The summed E-state index contributed by atoms with van der Waals surface area (Å²) in [7, 11) is 0. The Balaban J connectivity index is 1.08. The Morgan fingerprint density at radius 3 is 2.73 bits per heavy atom. The molecule has 162 valence electrons. The van der Waals surface area contributed by atoms with Crippen LogP contribution in [-0.4, -0.2) is 50.2 Å². The first-order valence-corrected chi connectivity index (χ1v) is 12.0. The molecule has 2 atom stereocenters. The van der Waals surface area contributed by atoms with Gasteiger partial charge in [-0.2, -0.15) is 0 Å². The topological polar surface area (TPSA) is 52.3 Å². The fourth-order valence-corrected chi connectivity index (χ4v) is 6.27. The lowest BCUT2D eigenvalue weighted by Gasteiger charge is -2.39. The second-order valence-corrected chi connectivity index (χ2v) is 9.77. The van der Waals surface area contributed by atoms with Crippen molar-refractivity contribution >= 4 is 11.8 Å². The van der Waals surface area contributed by atoms with Crippen LogP contribution in [0.5, 0.6) is 0 Å². The van der Waals surface area contributed by atoms with E-state index in [2.05, 4.69) is 10.00 Å². The van der Waals surface area contributed by atoms with E-state index in [1.807, 2.05) is 6.07 Å². The minimum atomic E-state index is -0.187. The summed E-state index contributed by atoms with van der Waals surface area (Å²) in [4.78, 5) is 15.0. The Bertz CT molecular complexity index is 931. The summed E-state index contributed by atoms with van der Waals surface area (Å²) in [5, 5.41) is 5.34. The minimum Gasteiger partial charge on any atom is -0.376 e. The Kier molecular flexibility index (Phi) is 5.98. The van der Waals surface area contributed by atoms with Gasteiger partial charge in [-0.15, -0.1) is 5.10 Å². The Morgan fingerprint density at radius 1 is 1.17 bits per heavy atom. The van der Waals surface area contributed by atoms with E-state index in [1.54, 1.807) is 33.1 Å². The van der Waals surface area contributed by atoms with E-state index in [0.29, 0.717) is 43.3 Å². The number of nitrogens with zero attached hydrogens (tertiary/aromatic N) is 4. The molecule has 2 fully saturated rings. The van der Waals surface area contributed by atoms with Crippen molar-refractivity contribution in [2.45, 2.75) is 69.0 Å². The maximum Gasteiger partial charge on any atom is 0.346 e. The SMILES string of the molecule is O=c1n(CCCN2C3CCC2CC(COCc2ccccc2F)C3)nc2n1CCS2. The second kappa shape index (κ2) is 8.85. The van der Waals surface area contributed by atoms with Gasteiger partial charge in [-0.1, -0.05) is 30.0 Å². The number of rotatable bonds is 8. The number of benzene rings is 1. The maximum absolute atomic E-state index is 13.7. The summed E-state index contributed by atoms with van der Waals surface area (Å²) in [6, 6.07) is 8.07. The maximum atomic E-state index is 13.7. The molecule has 5 rings (SSSR count). The highest BCUT2D eigenvalue weighted by Gasteiger charge is 2.40. The van der Waals surface area contributed by atoms with Crippen LogP contribution in [0.4, 0.5) is 4.39 Å². The van der Waals surface area contributed by atoms with Gasteiger partial charge in [-0.05, 0) is 44.1 Å². The van der Waals surface area contributed by atoms with Gasteiger partial charge in [0, 0.05) is 49.6 Å². The molecule has 1 aromatic heterocycles. The number of ether oxygens (including phenoxy) is 1. The van der Waals surface area contributed by atoms with E-state index in [1.165, 1.54) is 18.9 Å². The lowest BCUT2D eigenvalue weighted by atomic mass is 9.91. The van der Waals surface area contributed by atoms with Crippen LogP contribution in [0.2, 0.25) is 0 Å². The van der Waals surface area contributed by atoms with E-state index in [9.17, 15) is 9.18 Å². The van der Waals surface area contributed by atoms with E-state index in [0.717, 1.165) is 43.3 Å². The van der Waals surface area contributed by atoms with E-state index >= 15 is 0 Å². The molecule has 2 bridgehead atoms. The molecule has 4 heterocycles. The van der Waals surface area contributed by atoms with Crippen molar-refractivity contribution < 1.29 is 9.13 Å². The normalized spacial score (nSPS) is 25.7. The molecule has 30 heavy (non-hydrogen) atoms. The molecule has 8 heteroatoms. The molecular weight excluding hydrogens is 403 g/mol. The highest BCUT2D eigenvalue weighted by Crippen LogP contribution is 2.38. The van der Waals surface area contributed by atoms with Crippen LogP contribution >= 0.6 is 11.8 Å². The summed E-state index contributed by atoms with van der Waals surface area (Å²) < 4.78 is 23.0. The summed E-state index contributed by atoms with van der Waals surface area (Å²) >= 11 is 1.67. The molecule has 3 aliphatic heterocycles. The van der Waals surface area contributed by atoms with Crippen LogP contribution in [0.1, 0.15) is 37.7 Å². The second-order valence-electron chi connectivity index (χ2n) is 8.71. The highest BCUT2D eigenvalue weighted by atomic mass is 32.2. The van der Waals surface area contributed by atoms with Gasteiger partial charge in [0.1, 0.15) is 5.82 Å². The van der Waals surface area contributed by atoms with Crippen molar-refractivity contribution in [3.8, 4) is 0 Å². The number of aryl methyl sites for hydroxylation is 1. The average molecular weight is 433 g/mol. The van der Waals surface area contributed by atoms with Gasteiger partial charge in [0.15, 0.2) is 5.16 Å². The number of piperidine rings is 1. The third-order valence-electron chi connectivity index (χ3n) is 6.77. The number of hydrogen-bond donors (Lipinski definition) is 0. The molecule has 2 aromatic rings. The molecule has 6 nitrogen and oxygen atoms in total. The molecule has 0 saturated carbocycles. The van der Waals surface area contributed by atoms with Gasteiger partial charge in [0.25, 0.3) is 0 Å². The molecule has 0 amide bonds. The molecule has 3 aliphatic rings. The van der Waals surface area contributed by atoms with E-state index in [4.69, 9.17) is 4.74 Å². The summed E-state index contributed by atoms with van der Waals surface area (Å²) in [5.41, 5.74) is 0.681. The molecular formula is C22H29FN4O2S. The quantitative estimate of drug-likeness (QED) is 0.642. The van der Waals surface area contributed by atoms with Gasteiger partial charge < -0.3 is 4.74 Å². The monoisotopic (exact) mass is 432 g/mol. The molecule has 0 aliphatic carbocycles. The van der Waals surface area contributed by atoms with Gasteiger partial charge >= 0.3 is 5.69 Å². The molecule has 0 N–H and O–H groups in total. The van der Waals surface area contributed by atoms with Gasteiger partial charge in [-0.3, -0.25) is 9.47 Å². The smallest absolute Gasteiger partial charge is 0.346 e. The van der Waals surface area contributed by atoms with Crippen LogP contribution in [0.3, 0.4) is 0 Å². The van der Waals surface area contributed by atoms with Crippen molar-refractivity contribution in [2.24, 2.45) is 5.92 Å². The standard InChI is InChI=1S/C22H29FN4O2S/c23-20-5-2-1-4-17(20)15-29-14-16-12-18-6-7-19(13-16)25(18)8-3-9-27-22(28)26-10-11-30-21(26)24-27/h1-2,4-5,16,18-19H,3,6-15H2. The predicted octanol–water partition coefficient (Wildman–Crippen LogP) is 3.14. The Labute approximate surface area is 180 Å². The summed E-state index contributed by atoms with van der Waals surface area (Å²) in [6.07, 6.45) is 5.78. The van der Waals surface area contributed by atoms with Crippen molar-refractivity contribution in [3.63, 3.8) is 0 Å². The first kappa shape index (κ1) is 20.3. The van der Waals surface area contributed by atoms with Crippen molar-refractivity contribution in [2.75, 3.05) is 18.9 Å². The molecule has 2 unspecified atom stereocenters. The fraction of sp³-hybridized carbons (Fsp3) is 0.636. The van der Waals surface area contributed by atoms with Gasteiger partial charge in [0.05, 0.1) is 6.61 Å². The van der Waals surface area contributed by atoms with Crippen molar-refractivity contribution in [3.05, 3.63) is 46.1 Å².